The second kappa shape index (κ2) is 9.92. The van der Waals surface area contributed by atoms with Gasteiger partial charge in [0.05, 0.1) is 0 Å². The number of hydrogen-bond acceptors (Lipinski definition) is 4. The Labute approximate surface area is 188 Å². The van der Waals surface area contributed by atoms with Gasteiger partial charge in [0.1, 0.15) is 11.5 Å². The number of rotatable bonds is 7. The molecule has 0 spiro atoms. The van der Waals surface area contributed by atoms with E-state index in [-0.39, 0.29) is 0 Å². The van der Waals surface area contributed by atoms with E-state index in [9.17, 15) is 9.59 Å². The second-order valence-electron chi connectivity index (χ2n) is 7.61. The summed E-state index contributed by atoms with van der Waals surface area (Å²) in [4.78, 5) is 23.4. The Morgan fingerprint density at radius 3 is 1.62 bits per heavy atom. The Balaban J connectivity index is 1.79. The minimum absolute atomic E-state index is 0.359. The van der Waals surface area contributed by atoms with Crippen LogP contribution in [-0.2, 0) is 16.0 Å². The highest BCUT2D eigenvalue weighted by molar-refractivity contribution is 5.89. The van der Waals surface area contributed by atoms with Gasteiger partial charge in [-0.2, -0.15) is 0 Å². The predicted octanol–water partition coefficient (Wildman–Crippen LogP) is 6.55. The zero-order valence-corrected chi connectivity index (χ0v) is 18.6. The van der Waals surface area contributed by atoms with E-state index in [1.54, 1.807) is 32.0 Å². The van der Waals surface area contributed by atoms with E-state index in [0.717, 1.165) is 34.2 Å². The molecule has 0 aliphatic heterocycles. The molecule has 3 aromatic carbocycles. The van der Waals surface area contributed by atoms with Gasteiger partial charge >= 0.3 is 11.9 Å². The van der Waals surface area contributed by atoms with Gasteiger partial charge in [0.15, 0.2) is 0 Å². The summed E-state index contributed by atoms with van der Waals surface area (Å²) < 4.78 is 10.6. The monoisotopic (exact) mass is 426 g/mol. The summed E-state index contributed by atoms with van der Waals surface area (Å²) in [6.07, 6.45) is 0.805. The van der Waals surface area contributed by atoms with Crippen LogP contribution < -0.4 is 9.47 Å². The minimum atomic E-state index is -0.436. The average molecular weight is 427 g/mol. The van der Waals surface area contributed by atoms with E-state index in [0.29, 0.717) is 22.6 Å². The molecular weight excluding hydrogens is 400 g/mol. The van der Waals surface area contributed by atoms with Crippen molar-refractivity contribution in [1.82, 2.24) is 0 Å². The fourth-order valence-electron chi connectivity index (χ4n) is 3.15. The molecule has 0 amide bonds. The summed E-state index contributed by atoms with van der Waals surface area (Å²) in [5.41, 5.74) is 6.06. The van der Waals surface area contributed by atoms with Crippen LogP contribution >= 0.6 is 0 Å². The van der Waals surface area contributed by atoms with Gasteiger partial charge in [0.2, 0.25) is 0 Å². The predicted molar refractivity (Wildman–Crippen MR) is 128 cm³/mol. The standard InChI is InChI=1S/C28H26O4/c1-6-20-17-25(32-28(30)19(4)5)15-16-26(20)23-9-7-21(8-10-23)22-11-13-24(14-12-22)31-27(29)18(2)3/h7-17H,2,4,6H2,1,3,5H3. The van der Waals surface area contributed by atoms with Crippen LogP contribution in [0.2, 0.25) is 0 Å². The summed E-state index contributed by atoms with van der Waals surface area (Å²) in [5, 5.41) is 0. The van der Waals surface area contributed by atoms with Crippen LogP contribution in [0.25, 0.3) is 22.3 Å². The molecule has 0 atom stereocenters. The van der Waals surface area contributed by atoms with Crippen molar-refractivity contribution in [2.24, 2.45) is 0 Å². The van der Waals surface area contributed by atoms with Gasteiger partial charge in [0.25, 0.3) is 0 Å². The van der Waals surface area contributed by atoms with Crippen LogP contribution in [0.1, 0.15) is 26.3 Å². The molecule has 0 saturated carbocycles. The molecule has 3 rings (SSSR count). The first-order chi connectivity index (χ1) is 15.3. The quantitative estimate of drug-likeness (QED) is 0.244. The molecular formula is C28H26O4. The van der Waals surface area contributed by atoms with E-state index in [2.05, 4.69) is 44.3 Å². The minimum Gasteiger partial charge on any atom is -0.423 e. The van der Waals surface area contributed by atoms with E-state index in [1.165, 1.54) is 0 Å². The Morgan fingerprint density at radius 2 is 1.12 bits per heavy atom. The maximum absolute atomic E-state index is 11.8. The number of hydrogen-bond donors (Lipinski definition) is 0. The topological polar surface area (TPSA) is 52.6 Å². The van der Waals surface area contributed by atoms with Crippen molar-refractivity contribution in [3.8, 4) is 33.8 Å². The third-order valence-corrected chi connectivity index (χ3v) is 4.96. The number of ether oxygens (including phenoxy) is 2. The summed E-state index contributed by atoms with van der Waals surface area (Å²) >= 11 is 0. The molecule has 0 saturated heterocycles. The fraction of sp³-hybridized carbons (Fsp3) is 0.143. The smallest absolute Gasteiger partial charge is 0.338 e. The van der Waals surface area contributed by atoms with Crippen molar-refractivity contribution in [1.29, 1.82) is 0 Å². The number of aryl methyl sites for hydroxylation is 1. The SMILES string of the molecule is C=C(C)C(=O)Oc1ccc(-c2ccc(-c3ccc(OC(=O)C(=C)C)cc3CC)cc2)cc1. The molecule has 0 aromatic heterocycles. The summed E-state index contributed by atoms with van der Waals surface area (Å²) in [5.74, 6) is 0.139. The van der Waals surface area contributed by atoms with Crippen LogP contribution in [0.4, 0.5) is 0 Å². The molecule has 4 heteroatoms. The number of esters is 2. The van der Waals surface area contributed by atoms with Crippen LogP contribution in [0.15, 0.2) is 91.0 Å². The largest absolute Gasteiger partial charge is 0.423 e. The molecule has 0 radical (unpaired) electrons. The molecule has 3 aromatic rings. The lowest BCUT2D eigenvalue weighted by molar-refractivity contribution is -0.130. The van der Waals surface area contributed by atoms with Gasteiger partial charge in [-0.1, -0.05) is 62.5 Å². The zero-order chi connectivity index (χ0) is 23.3. The number of carbonyl (C=O) groups is 2. The molecule has 0 aliphatic rings. The average Bonchev–Trinajstić information content (AvgIpc) is 2.79. The van der Waals surface area contributed by atoms with Crippen molar-refractivity contribution < 1.29 is 19.1 Å². The van der Waals surface area contributed by atoms with Crippen LogP contribution in [-0.4, -0.2) is 11.9 Å². The lowest BCUT2D eigenvalue weighted by atomic mass is 9.95. The van der Waals surface area contributed by atoms with E-state index >= 15 is 0 Å². The lowest BCUT2D eigenvalue weighted by Crippen LogP contribution is -2.08. The van der Waals surface area contributed by atoms with Crippen molar-refractivity contribution in [3.63, 3.8) is 0 Å². The second-order valence-corrected chi connectivity index (χ2v) is 7.61. The van der Waals surface area contributed by atoms with Crippen LogP contribution in [0.3, 0.4) is 0 Å². The summed E-state index contributed by atoms with van der Waals surface area (Å²) in [6.45, 7) is 12.5. The normalized spacial score (nSPS) is 10.3. The Hall–Kier alpha value is -3.92. The molecule has 0 bridgehead atoms. The van der Waals surface area contributed by atoms with Crippen LogP contribution in [0.5, 0.6) is 11.5 Å². The Bertz CT molecular complexity index is 1170. The fourth-order valence-corrected chi connectivity index (χ4v) is 3.15. The lowest BCUT2D eigenvalue weighted by Gasteiger charge is -2.12. The Morgan fingerprint density at radius 1 is 0.688 bits per heavy atom. The first kappa shape index (κ1) is 22.8. The zero-order valence-electron chi connectivity index (χ0n) is 18.6. The van der Waals surface area contributed by atoms with Crippen molar-refractivity contribution in [3.05, 3.63) is 96.6 Å². The van der Waals surface area contributed by atoms with Gasteiger partial charge < -0.3 is 9.47 Å². The van der Waals surface area contributed by atoms with Gasteiger partial charge in [-0.05, 0) is 72.4 Å². The van der Waals surface area contributed by atoms with Gasteiger partial charge in [-0.15, -0.1) is 0 Å². The first-order valence-corrected chi connectivity index (χ1v) is 10.4. The molecule has 0 aliphatic carbocycles. The maximum atomic E-state index is 11.8. The van der Waals surface area contributed by atoms with Crippen LogP contribution in [0, 0.1) is 0 Å². The molecule has 0 N–H and O–H groups in total. The molecule has 4 nitrogen and oxygen atoms in total. The van der Waals surface area contributed by atoms with Crippen molar-refractivity contribution >= 4 is 11.9 Å². The molecule has 0 unspecified atom stereocenters. The third-order valence-electron chi connectivity index (χ3n) is 4.96. The molecule has 0 heterocycles. The van der Waals surface area contributed by atoms with E-state index in [4.69, 9.17) is 9.47 Å². The first-order valence-electron chi connectivity index (χ1n) is 10.4. The summed E-state index contributed by atoms with van der Waals surface area (Å²) in [7, 11) is 0. The summed E-state index contributed by atoms with van der Waals surface area (Å²) in [6, 6.07) is 21.3. The third kappa shape index (κ3) is 5.41. The van der Waals surface area contributed by atoms with E-state index in [1.807, 2.05) is 24.3 Å². The van der Waals surface area contributed by atoms with Crippen molar-refractivity contribution in [2.45, 2.75) is 27.2 Å². The number of carbonyl (C=O) groups excluding carboxylic acids is 2. The van der Waals surface area contributed by atoms with Gasteiger partial charge in [0, 0.05) is 11.1 Å². The molecule has 0 fully saturated rings. The van der Waals surface area contributed by atoms with E-state index < -0.39 is 11.9 Å². The molecule has 162 valence electrons. The number of benzene rings is 3. The van der Waals surface area contributed by atoms with Gasteiger partial charge in [-0.3, -0.25) is 0 Å². The van der Waals surface area contributed by atoms with Gasteiger partial charge in [-0.25, -0.2) is 9.59 Å². The van der Waals surface area contributed by atoms with Crippen molar-refractivity contribution in [2.75, 3.05) is 0 Å². The Kier molecular flexibility index (Phi) is 7.06. The maximum Gasteiger partial charge on any atom is 0.338 e. The highest BCUT2D eigenvalue weighted by atomic mass is 16.5. The molecule has 32 heavy (non-hydrogen) atoms. The highest BCUT2D eigenvalue weighted by Gasteiger charge is 2.10. The highest BCUT2D eigenvalue weighted by Crippen LogP contribution is 2.31.